The van der Waals surface area contributed by atoms with Gasteiger partial charge in [-0.25, -0.2) is 9.78 Å². The summed E-state index contributed by atoms with van der Waals surface area (Å²) in [6.45, 7) is 5.61. The van der Waals surface area contributed by atoms with Crippen LogP contribution in [-0.4, -0.2) is 62.5 Å². The van der Waals surface area contributed by atoms with Gasteiger partial charge in [-0.05, 0) is 32.4 Å². The van der Waals surface area contributed by atoms with E-state index in [-0.39, 0.29) is 11.9 Å². The average molecular weight is 439 g/mol. The SMILES string of the molecule is Cc1noc(C)c1NC(=O)N1CCCN(C(=O)c2cn3c(n2)sc2ccccc23)CC1. The second-order valence-corrected chi connectivity index (χ2v) is 8.62. The number of aromatic nitrogens is 3. The normalized spacial score (nSPS) is 14.9. The molecule has 0 aliphatic carbocycles. The van der Waals surface area contributed by atoms with Gasteiger partial charge in [0.05, 0.1) is 10.2 Å². The maximum absolute atomic E-state index is 13.1. The Kier molecular flexibility index (Phi) is 4.85. The van der Waals surface area contributed by atoms with Crippen molar-refractivity contribution in [1.82, 2.24) is 24.3 Å². The van der Waals surface area contributed by atoms with Crippen LogP contribution in [0.5, 0.6) is 0 Å². The third kappa shape index (κ3) is 3.52. The number of aryl methyl sites for hydroxylation is 2. The second-order valence-electron chi connectivity index (χ2n) is 7.61. The maximum Gasteiger partial charge on any atom is 0.322 e. The Labute approximate surface area is 182 Å². The van der Waals surface area contributed by atoms with Crippen LogP contribution in [0.15, 0.2) is 35.0 Å². The van der Waals surface area contributed by atoms with Gasteiger partial charge in [0.1, 0.15) is 17.1 Å². The number of carbonyl (C=O) groups excluding carboxylic acids is 2. The Balaban J connectivity index is 1.28. The zero-order valence-corrected chi connectivity index (χ0v) is 18.1. The van der Waals surface area contributed by atoms with Crippen LogP contribution in [0.1, 0.15) is 28.4 Å². The number of thiazole rings is 1. The first-order valence-corrected chi connectivity index (χ1v) is 11.0. The summed E-state index contributed by atoms with van der Waals surface area (Å²) in [6, 6.07) is 7.84. The molecule has 9 nitrogen and oxygen atoms in total. The summed E-state index contributed by atoms with van der Waals surface area (Å²) >= 11 is 1.57. The first-order chi connectivity index (χ1) is 15.0. The standard InChI is InChI=1S/C21H22N6O3S/c1-13-18(14(2)30-24-13)23-20(29)26-9-5-8-25(10-11-26)19(28)15-12-27-16-6-3-4-7-17(16)31-21(27)22-15/h3-4,6-7,12H,5,8-11H2,1-2H3,(H,23,29). The molecule has 4 heterocycles. The summed E-state index contributed by atoms with van der Waals surface area (Å²) in [7, 11) is 0. The lowest BCUT2D eigenvalue weighted by Crippen LogP contribution is -2.39. The number of fused-ring (bicyclic) bond motifs is 3. The Morgan fingerprint density at radius 3 is 2.68 bits per heavy atom. The number of amides is 3. The Hall–Kier alpha value is -3.40. The fourth-order valence-electron chi connectivity index (χ4n) is 3.88. The van der Waals surface area contributed by atoms with Gasteiger partial charge in [-0.15, -0.1) is 0 Å². The van der Waals surface area contributed by atoms with Gasteiger partial charge < -0.3 is 19.6 Å². The molecule has 1 saturated heterocycles. The molecule has 0 saturated carbocycles. The molecule has 0 spiro atoms. The molecule has 10 heteroatoms. The maximum atomic E-state index is 13.1. The largest absolute Gasteiger partial charge is 0.359 e. The molecule has 3 aromatic heterocycles. The zero-order valence-electron chi connectivity index (χ0n) is 17.3. The molecule has 0 atom stereocenters. The molecule has 0 bridgehead atoms. The smallest absolute Gasteiger partial charge is 0.322 e. The molecule has 31 heavy (non-hydrogen) atoms. The van der Waals surface area contributed by atoms with Crippen LogP contribution in [0.2, 0.25) is 0 Å². The molecule has 0 radical (unpaired) electrons. The van der Waals surface area contributed by atoms with Gasteiger partial charge in [-0.2, -0.15) is 0 Å². The number of hydrogen-bond donors (Lipinski definition) is 1. The van der Waals surface area contributed by atoms with Crippen molar-refractivity contribution < 1.29 is 14.1 Å². The third-order valence-corrected chi connectivity index (χ3v) is 6.59. The van der Waals surface area contributed by atoms with E-state index in [1.807, 2.05) is 34.9 Å². The molecule has 3 amide bonds. The van der Waals surface area contributed by atoms with Crippen molar-refractivity contribution in [2.24, 2.45) is 0 Å². The summed E-state index contributed by atoms with van der Waals surface area (Å²) in [5, 5.41) is 6.74. The van der Waals surface area contributed by atoms with E-state index in [4.69, 9.17) is 4.52 Å². The van der Waals surface area contributed by atoms with Gasteiger partial charge in [-0.1, -0.05) is 28.6 Å². The highest BCUT2D eigenvalue weighted by atomic mass is 32.1. The van der Waals surface area contributed by atoms with E-state index in [1.54, 1.807) is 35.0 Å². The number of nitrogens with one attached hydrogen (secondary N) is 1. The van der Waals surface area contributed by atoms with Crippen molar-refractivity contribution in [2.75, 3.05) is 31.5 Å². The summed E-state index contributed by atoms with van der Waals surface area (Å²) in [6.07, 6.45) is 2.51. The van der Waals surface area contributed by atoms with E-state index < -0.39 is 0 Å². The van der Waals surface area contributed by atoms with Crippen LogP contribution < -0.4 is 5.32 Å². The van der Waals surface area contributed by atoms with E-state index in [1.165, 1.54) is 0 Å². The molecule has 1 N–H and O–H groups in total. The quantitative estimate of drug-likeness (QED) is 0.516. The first kappa shape index (κ1) is 19.6. The Morgan fingerprint density at radius 2 is 1.87 bits per heavy atom. The van der Waals surface area contributed by atoms with Crippen molar-refractivity contribution in [3.8, 4) is 0 Å². The molecule has 1 aliphatic rings. The molecular weight excluding hydrogens is 416 g/mol. The highest BCUT2D eigenvalue weighted by Gasteiger charge is 2.26. The monoisotopic (exact) mass is 438 g/mol. The van der Waals surface area contributed by atoms with Crippen molar-refractivity contribution in [3.63, 3.8) is 0 Å². The van der Waals surface area contributed by atoms with E-state index in [0.717, 1.165) is 15.2 Å². The Bertz CT molecular complexity index is 1270. The lowest BCUT2D eigenvalue weighted by atomic mass is 10.3. The molecule has 1 fully saturated rings. The third-order valence-electron chi connectivity index (χ3n) is 5.55. The van der Waals surface area contributed by atoms with Gasteiger partial charge in [0.25, 0.3) is 5.91 Å². The summed E-state index contributed by atoms with van der Waals surface area (Å²) < 4.78 is 8.21. The summed E-state index contributed by atoms with van der Waals surface area (Å²) in [5.74, 6) is 0.470. The summed E-state index contributed by atoms with van der Waals surface area (Å²) in [5.41, 5.74) is 2.73. The molecule has 4 aromatic rings. The fourth-order valence-corrected chi connectivity index (χ4v) is 4.89. The molecule has 1 aliphatic heterocycles. The zero-order chi connectivity index (χ0) is 21.5. The van der Waals surface area contributed by atoms with E-state index in [0.29, 0.717) is 55.4 Å². The Morgan fingerprint density at radius 1 is 1.10 bits per heavy atom. The number of nitrogens with zero attached hydrogens (tertiary/aromatic N) is 5. The van der Waals surface area contributed by atoms with E-state index in [9.17, 15) is 9.59 Å². The minimum atomic E-state index is -0.210. The second kappa shape index (κ2) is 7.69. The van der Waals surface area contributed by atoms with Crippen molar-refractivity contribution in [3.05, 3.63) is 47.6 Å². The van der Waals surface area contributed by atoms with E-state index >= 15 is 0 Å². The van der Waals surface area contributed by atoms with Gasteiger partial charge in [0.2, 0.25) is 0 Å². The van der Waals surface area contributed by atoms with Crippen LogP contribution in [0.4, 0.5) is 10.5 Å². The van der Waals surface area contributed by atoms with Crippen LogP contribution in [0.25, 0.3) is 15.2 Å². The predicted octanol–water partition coefficient (Wildman–Crippen LogP) is 3.53. The van der Waals surface area contributed by atoms with Crippen LogP contribution >= 0.6 is 11.3 Å². The number of imidazole rings is 1. The van der Waals surface area contributed by atoms with Crippen LogP contribution in [0.3, 0.4) is 0 Å². The number of anilines is 1. The van der Waals surface area contributed by atoms with Gasteiger partial charge in [-0.3, -0.25) is 9.20 Å². The number of para-hydroxylation sites is 1. The molecule has 0 unspecified atom stereocenters. The van der Waals surface area contributed by atoms with Crippen LogP contribution in [0, 0.1) is 13.8 Å². The van der Waals surface area contributed by atoms with Gasteiger partial charge in [0.15, 0.2) is 10.7 Å². The topological polar surface area (TPSA) is 96.0 Å². The van der Waals surface area contributed by atoms with Crippen molar-refractivity contribution in [1.29, 1.82) is 0 Å². The predicted molar refractivity (Wildman–Crippen MR) is 118 cm³/mol. The highest BCUT2D eigenvalue weighted by molar-refractivity contribution is 7.23. The lowest BCUT2D eigenvalue weighted by Gasteiger charge is -2.22. The van der Waals surface area contributed by atoms with Gasteiger partial charge in [0, 0.05) is 32.4 Å². The fraction of sp³-hybridized carbons (Fsp3) is 0.333. The number of benzene rings is 1. The lowest BCUT2D eigenvalue weighted by molar-refractivity contribution is 0.0757. The minimum Gasteiger partial charge on any atom is -0.359 e. The number of urea groups is 1. The van der Waals surface area contributed by atoms with Crippen LogP contribution in [-0.2, 0) is 0 Å². The molecule has 160 valence electrons. The number of carbonyl (C=O) groups is 2. The number of rotatable bonds is 2. The minimum absolute atomic E-state index is 0.104. The molecular formula is C21H22N6O3S. The van der Waals surface area contributed by atoms with Crippen molar-refractivity contribution in [2.45, 2.75) is 20.3 Å². The van der Waals surface area contributed by atoms with E-state index in [2.05, 4.69) is 15.5 Å². The average Bonchev–Trinajstić information content (AvgIpc) is 3.34. The molecule has 5 rings (SSSR count). The first-order valence-electron chi connectivity index (χ1n) is 10.2. The number of hydrogen-bond acceptors (Lipinski definition) is 6. The highest BCUT2D eigenvalue weighted by Crippen LogP contribution is 2.26. The van der Waals surface area contributed by atoms with Crippen molar-refractivity contribution >= 4 is 44.1 Å². The van der Waals surface area contributed by atoms with Gasteiger partial charge >= 0.3 is 6.03 Å². The summed E-state index contributed by atoms with van der Waals surface area (Å²) in [4.78, 5) is 34.7. The molecule has 1 aromatic carbocycles.